The molecule has 4 heterocycles. The number of amides is 1. The van der Waals surface area contributed by atoms with E-state index >= 15 is 0 Å². The van der Waals surface area contributed by atoms with Crippen molar-refractivity contribution in [2.24, 2.45) is 0 Å². The largest absolute Gasteiger partial charge is 0.497 e. The number of nitrogens with one attached hydrogen (secondary N) is 1. The molecule has 38 heavy (non-hydrogen) atoms. The first-order valence-corrected chi connectivity index (χ1v) is 12.9. The third-order valence-electron chi connectivity index (χ3n) is 7.48. The predicted octanol–water partition coefficient (Wildman–Crippen LogP) is 3.20. The maximum absolute atomic E-state index is 14.1. The molecule has 0 spiro atoms. The lowest BCUT2D eigenvalue weighted by molar-refractivity contribution is -0.127. The van der Waals surface area contributed by atoms with E-state index in [2.05, 4.69) is 26.8 Å². The maximum atomic E-state index is 14.1. The van der Waals surface area contributed by atoms with Crippen LogP contribution in [0.4, 0.5) is 5.95 Å². The summed E-state index contributed by atoms with van der Waals surface area (Å²) in [5.41, 5.74) is 1.33. The minimum absolute atomic E-state index is 0.0207. The van der Waals surface area contributed by atoms with Gasteiger partial charge in [-0.3, -0.25) is 19.1 Å². The summed E-state index contributed by atoms with van der Waals surface area (Å²) in [6.07, 6.45) is 4.87. The lowest BCUT2D eigenvalue weighted by Gasteiger charge is -2.47. The van der Waals surface area contributed by atoms with Gasteiger partial charge in [0.05, 0.1) is 25.3 Å². The minimum atomic E-state index is -0.188. The molecule has 0 bridgehead atoms. The Bertz CT molecular complexity index is 1440. The standard InChI is InChI=1S/C27H31ClN6O4/c1-5-23(35)32-8-6-17(7-9-32)33-14-18(15-33)34-25-16(13-30-27(29-2)31-25)10-21(26(34)36)20-11-19(37-3)12-22(38-4)24(20)28/h5,10-13,17-18H,1,6-9,14-15H2,2-4H3,(H,29,30,31). The quantitative estimate of drug-likeness (QED) is 0.458. The summed E-state index contributed by atoms with van der Waals surface area (Å²) >= 11 is 6.68. The number of methoxy groups -OCH3 is 2. The monoisotopic (exact) mass is 538 g/mol. The van der Waals surface area contributed by atoms with Crippen LogP contribution >= 0.6 is 11.6 Å². The van der Waals surface area contributed by atoms with Crippen LogP contribution in [0.5, 0.6) is 11.5 Å². The zero-order valence-corrected chi connectivity index (χ0v) is 22.5. The summed E-state index contributed by atoms with van der Waals surface area (Å²) < 4.78 is 12.6. The molecule has 0 aliphatic carbocycles. The van der Waals surface area contributed by atoms with Gasteiger partial charge in [-0.25, -0.2) is 4.98 Å². The Morgan fingerprint density at radius 2 is 1.87 bits per heavy atom. The van der Waals surface area contributed by atoms with E-state index < -0.39 is 0 Å². The van der Waals surface area contributed by atoms with Crippen LogP contribution in [0.1, 0.15) is 18.9 Å². The van der Waals surface area contributed by atoms with Crippen LogP contribution in [0.25, 0.3) is 22.2 Å². The Morgan fingerprint density at radius 1 is 1.13 bits per heavy atom. The number of carbonyl (C=O) groups excluding carboxylic acids is 1. The SMILES string of the molecule is C=CC(=O)N1CCC(N2CC(n3c(=O)c(-c4cc(OC)cc(OC)c4Cl)cc4cnc(NC)nc43)C2)CC1. The number of carbonyl (C=O) groups is 1. The molecule has 1 N–H and O–H groups in total. The fourth-order valence-corrected chi connectivity index (χ4v) is 5.63. The van der Waals surface area contributed by atoms with Crippen molar-refractivity contribution in [2.45, 2.75) is 24.9 Å². The predicted molar refractivity (Wildman–Crippen MR) is 147 cm³/mol. The van der Waals surface area contributed by atoms with Crippen LogP contribution in [0.2, 0.25) is 5.02 Å². The molecule has 2 aromatic heterocycles. The number of anilines is 1. The lowest BCUT2D eigenvalue weighted by atomic mass is 9.96. The van der Waals surface area contributed by atoms with Crippen LogP contribution < -0.4 is 20.3 Å². The van der Waals surface area contributed by atoms with Crippen molar-refractivity contribution in [3.05, 3.63) is 52.4 Å². The first-order valence-electron chi connectivity index (χ1n) is 12.6. The molecule has 10 nitrogen and oxygen atoms in total. The fourth-order valence-electron chi connectivity index (χ4n) is 5.34. The molecular weight excluding hydrogens is 508 g/mol. The number of aromatic nitrogens is 3. The fraction of sp³-hybridized carbons (Fsp3) is 0.407. The van der Waals surface area contributed by atoms with Crippen molar-refractivity contribution >= 4 is 34.5 Å². The molecule has 5 rings (SSSR count). The molecule has 0 saturated carbocycles. The number of fused-ring (bicyclic) bond motifs is 1. The number of rotatable bonds is 7. The van der Waals surface area contributed by atoms with E-state index in [-0.39, 0.29) is 17.5 Å². The third-order valence-corrected chi connectivity index (χ3v) is 7.87. The molecule has 2 aliphatic rings. The molecule has 11 heteroatoms. The Morgan fingerprint density at radius 3 is 2.50 bits per heavy atom. The van der Waals surface area contributed by atoms with Crippen LogP contribution in [0, 0.1) is 0 Å². The summed E-state index contributed by atoms with van der Waals surface area (Å²) in [5.74, 6) is 1.37. The second kappa shape index (κ2) is 10.6. The van der Waals surface area contributed by atoms with Crippen molar-refractivity contribution < 1.29 is 14.3 Å². The van der Waals surface area contributed by atoms with Crippen molar-refractivity contribution in [2.75, 3.05) is 52.8 Å². The summed E-state index contributed by atoms with van der Waals surface area (Å²) in [6, 6.07) is 5.50. The number of hydrogen-bond donors (Lipinski definition) is 1. The summed E-state index contributed by atoms with van der Waals surface area (Å²) in [5, 5.41) is 4.02. The molecule has 1 aromatic carbocycles. The van der Waals surface area contributed by atoms with E-state index in [0.717, 1.165) is 18.2 Å². The van der Waals surface area contributed by atoms with Crippen LogP contribution in [0.3, 0.4) is 0 Å². The van der Waals surface area contributed by atoms with Gasteiger partial charge in [-0.15, -0.1) is 0 Å². The van der Waals surface area contributed by atoms with Crippen molar-refractivity contribution in [3.63, 3.8) is 0 Å². The molecule has 2 saturated heterocycles. The van der Waals surface area contributed by atoms with Crippen LogP contribution in [-0.4, -0.2) is 83.7 Å². The molecule has 2 fully saturated rings. The lowest BCUT2D eigenvalue weighted by Crippen LogP contribution is -2.57. The summed E-state index contributed by atoms with van der Waals surface area (Å²) in [6.45, 7) is 6.44. The normalized spacial score (nSPS) is 16.8. The number of likely N-dealkylation sites (tertiary alicyclic amines) is 2. The van der Waals surface area contributed by atoms with E-state index in [4.69, 9.17) is 21.1 Å². The molecule has 1 amide bonds. The minimum Gasteiger partial charge on any atom is -0.497 e. The molecule has 0 unspecified atom stereocenters. The highest BCUT2D eigenvalue weighted by Crippen LogP contribution is 2.39. The third kappa shape index (κ3) is 4.58. The zero-order chi connectivity index (χ0) is 27.0. The van der Waals surface area contributed by atoms with Crippen LogP contribution in [0.15, 0.2) is 41.8 Å². The highest BCUT2D eigenvalue weighted by Gasteiger charge is 2.37. The number of ether oxygens (including phenoxy) is 2. The first-order chi connectivity index (χ1) is 18.4. The van der Waals surface area contributed by atoms with E-state index in [1.165, 1.54) is 13.2 Å². The van der Waals surface area contributed by atoms with Gasteiger partial charge in [0.2, 0.25) is 11.9 Å². The van der Waals surface area contributed by atoms with Crippen LogP contribution in [-0.2, 0) is 4.79 Å². The smallest absolute Gasteiger partial charge is 0.260 e. The molecule has 2 aliphatic heterocycles. The Labute approximate surface area is 225 Å². The van der Waals surface area contributed by atoms with Gasteiger partial charge in [0, 0.05) is 68.0 Å². The van der Waals surface area contributed by atoms with Gasteiger partial charge in [-0.1, -0.05) is 18.2 Å². The number of piperidine rings is 1. The van der Waals surface area contributed by atoms with E-state index in [9.17, 15) is 9.59 Å². The Balaban J connectivity index is 1.51. The number of nitrogens with zero attached hydrogens (tertiary/aromatic N) is 5. The van der Waals surface area contributed by atoms with Gasteiger partial charge < -0.3 is 19.7 Å². The number of pyridine rings is 1. The number of halogens is 1. The Hall–Kier alpha value is -3.63. The second-order valence-electron chi connectivity index (χ2n) is 9.52. The summed E-state index contributed by atoms with van der Waals surface area (Å²) in [7, 11) is 4.82. The number of benzene rings is 1. The van der Waals surface area contributed by atoms with Gasteiger partial charge in [-0.2, -0.15) is 4.98 Å². The van der Waals surface area contributed by atoms with Crippen molar-refractivity contribution in [1.29, 1.82) is 0 Å². The maximum Gasteiger partial charge on any atom is 0.260 e. The zero-order valence-electron chi connectivity index (χ0n) is 21.7. The van der Waals surface area contributed by atoms with Crippen molar-refractivity contribution in [1.82, 2.24) is 24.3 Å². The van der Waals surface area contributed by atoms with Gasteiger partial charge in [0.1, 0.15) is 17.1 Å². The van der Waals surface area contributed by atoms with Crippen molar-refractivity contribution in [3.8, 4) is 22.6 Å². The average Bonchev–Trinajstić information content (AvgIpc) is 2.93. The topological polar surface area (TPSA) is 102 Å². The van der Waals surface area contributed by atoms with Gasteiger partial charge in [-0.05, 0) is 31.1 Å². The average molecular weight is 539 g/mol. The molecule has 200 valence electrons. The van der Waals surface area contributed by atoms with Gasteiger partial charge in [0.15, 0.2) is 0 Å². The number of hydrogen-bond acceptors (Lipinski definition) is 8. The summed E-state index contributed by atoms with van der Waals surface area (Å²) in [4.78, 5) is 39.3. The first kappa shape index (κ1) is 26.0. The highest BCUT2D eigenvalue weighted by molar-refractivity contribution is 6.35. The molecule has 3 aromatic rings. The molecule has 0 radical (unpaired) electrons. The Kier molecular flexibility index (Phi) is 7.27. The molecule has 0 atom stereocenters. The van der Waals surface area contributed by atoms with E-state index in [1.807, 2.05) is 4.90 Å². The van der Waals surface area contributed by atoms with E-state index in [1.54, 1.807) is 43.1 Å². The second-order valence-corrected chi connectivity index (χ2v) is 9.89. The van der Waals surface area contributed by atoms with Gasteiger partial charge >= 0.3 is 0 Å². The molecular formula is C27H31ClN6O4. The highest BCUT2D eigenvalue weighted by atomic mass is 35.5. The van der Waals surface area contributed by atoms with Gasteiger partial charge in [0.25, 0.3) is 5.56 Å². The van der Waals surface area contributed by atoms with E-state index in [0.29, 0.717) is 71.5 Å².